The van der Waals surface area contributed by atoms with Crippen molar-refractivity contribution in [1.82, 2.24) is 9.55 Å². The number of halogens is 2. The van der Waals surface area contributed by atoms with Gasteiger partial charge in [0.15, 0.2) is 5.78 Å². The van der Waals surface area contributed by atoms with Crippen LogP contribution in [0.15, 0.2) is 29.5 Å². The zero-order valence-corrected chi connectivity index (χ0v) is 10.7. The van der Waals surface area contributed by atoms with Crippen molar-refractivity contribution in [3.63, 3.8) is 0 Å². The Bertz CT molecular complexity index is 621. The summed E-state index contributed by atoms with van der Waals surface area (Å²) in [6, 6.07) is 2.79. The first kappa shape index (κ1) is 12.3. The van der Waals surface area contributed by atoms with Gasteiger partial charge in [-0.25, -0.2) is 4.98 Å². The molecule has 2 heterocycles. The minimum atomic E-state index is -0.286. The minimum Gasteiger partial charge on any atom is -0.292 e. The number of carbonyl (C=O) groups is 1. The van der Waals surface area contributed by atoms with Crippen molar-refractivity contribution < 1.29 is 4.79 Å². The summed E-state index contributed by atoms with van der Waals surface area (Å²) in [6.07, 6.45) is 2.68. The quantitative estimate of drug-likeness (QED) is 0.816. The molecule has 0 N–H and O–H groups in total. The Morgan fingerprint density at radius 2 is 2.24 bits per heavy atom. The first-order chi connectivity index (χ1) is 8.08. The molecule has 2 aromatic rings. The van der Waals surface area contributed by atoms with Gasteiger partial charge in [0.1, 0.15) is 4.34 Å². The number of carbonyl (C=O) groups excluding carboxylic acids is 1. The number of ketones is 1. The van der Waals surface area contributed by atoms with E-state index >= 15 is 0 Å². The van der Waals surface area contributed by atoms with Crippen LogP contribution < -0.4 is 5.56 Å². The molecule has 88 valence electrons. The van der Waals surface area contributed by atoms with E-state index in [2.05, 4.69) is 4.98 Å². The van der Waals surface area contributed by atoms with Crippen LogP contribution >= 0.6 is 34.5 Å². The van der Waals surface area contributed by atoms with Crippen LogP contribution in [0, 0.1) is 0 Å². The maximum Gasteiger partial charge on any atom is 0.253 e. The summed E-state index contributed by atoms with van der Waals surface area (Å²) in [4.78, 5) is 27.0. The van der Waals surface area contributed by atoms with E-state index in [-0.39, 0.29) is 17.9 Å². The van der Waals surface area contributed by atoms with E-state index in [9.17, 15) is 9.59 Å². The number of nitrogens with zero attached hydrogens (tertiary/aromatic N) is 2. The highest BCUT2D eigenvalue weighted by Crippen LogP contribution is 2.31. The van der Waals surface area contributed by atoms with Gasteiger partial charge in [-0.1, -0.05) is 23.2 Å². The lowest BCUT2D eigenvalue weighted by Gasteiger charge is -2.02. The van der Waals surface area contributed by atoms with Crippen LogP contribution in [0.2, 0.25) is 8.67 Å². The topological polar surface area (TPSA) is 52.0 Å². The molecule has 0 aliphatic heterocycles. The zero-order valence-electron chi connectivity index (χ0n) is 8.39. The van der Waals surface area contributed by atoms with Crippen LogP contribution in [0.4, 0.5) is 0 Å². The molecule has 0 fully saturated rings. The van der Waals surface area contributed by atoms with E-state index in [0.717, 1.165) is 11.3 Å². The molecule has 0 aliphatic rings. The van der Waals surface area contributed by atoms with Crippen molar-refractivity contribution in [3.05, 3.63) is 49.2 Å². The van der Waals surface area contributed by atoms with Gasteiger partial charge in [-0.05, 0) is 6.07 Å². The Morgan fingerprint density at radius 1 is 1.47 bits per heavy atom. The molecule has 0 amide bonds. The number of rotatable bonds is 3. The van der Waals surface area contributed by atoms with E-state index < -0.39 is 0 Å². The molecule has 0 radical (unpaired) electrons. The number of hydrogen-bond donors (Lipinski definition) is 0. The molecule has 2 rings (SSSR count). The second kappa shape index (κ2) is 5.00. The fraction of sp³-hybridized carbons (Fsp3) is 0.100. The molecule has 0 spiro atoms. The SMILES string of the molecule is O=C(Cn1cnccc1=O)c1cc(Cl)sc1Cl. The van der Waals surface area contributed by atoms with Crippen LogP contribution in [-0.2, 0) is 6.54 Å². The molecule has 7 heteroatoms. The van der Waals surface area contributed by atoms with Crippen molar-refractivity contribution in [3.8, 4) is 0 Å². The smallest absolute Gasteiger partial charge is 0.253 e. The van der Waals surface area contributed by atoms with E-state index in [1.54, 1.807) is 0 Å². The summed E-state index contributed by atoms with van der Waals surface area (Å²) in [7, 11) is 0. The first-order valence-electron chi connectivity index (χ1n) is 4.56. The highest BCUT2D eigenvalue weighted by atomic mass is 35.5. The number of hydrogen-bond acceptors (Lipinski definition) is 4. The van der Waals surface area contributed by atoms with E-state index in [1.807, 2.05) is 0 Å². The first-order valence-corrected chi connectivity index (χ1v) is 6.13. The van der Waals surface area contributed by atoms with Crippen LogP contribution in [-0.4, -0.2) is 15.3 Å². The average Bonchev–Trinajstić information content (AvgIpc) is 2.61. The second-order valence-corrected chi connectivity index (χ2v) is 5.49. The van der Waals surface area contributed by atoms with Gasteiger partial charge in [0, 0.05) is 12.3 Å². The molecule has 0 bridgehead atoms. The largest absolute Gasteiger partial charge is 0.292 e. The Hall–Kier alpha value is -1.17. The Kier molecular flexibility index (Phi) is 3.61. The zero-order chi connectivity index (χ0) is 12.4. The number of thiophene rings is 1. The van der Waals surface area contributed by atoms with Gasteiger partial charge in [0.25, 0.3) is 5.56 Å². The van der Waals surface area contributed by atoms with Gasteiger partial charge in [0.05, 0.1) is 22.8 Å². The molecule has 0 saturated carbocycles. The highest BCUT2D eigenvalue weighted by Gasteiger charge is 2.14. The van der Waals surface area contributed by atoms with Gasteiger partial charge in [-0.2, -0.15) is 0 Å². The molecule has 0 saturated heterocycles. The standard InChI is InChI=1S/C10H6Cl2N2O2S/c11-8-3-6(10(12)17-8)7(15)4-14-5-13-2-1-9(14)16/h1-3,5H,4H2. The predicted octanol–water partition coefficient (Wildman–Crippen LogP) is 2.49. The second-order valence-electron chi connectivity index (χ2n) is 3.21. The van der Waals surface area contributed by atoms with Gasteiger partial charge in [-0.15, -0.1) is 11.3 Å². The fourth-order valence-corrected chi connectivity index (χ4v) is 2.77. The summed E-state index contributed by atoms with van der Waals surface area (Å²) in [6.45, 7) is -0.0978. The molecule has 17 heavy (non-hydrogen) atoms. The van der Waals surface area contributed by atoms with Crippen LogP contribution in [0.1, 0.15) is 10.4 Å². The summed E-state index contributed by atoms with van der Waals surface area (Å²) < 4.78 is 1.98. The third-order valence-electron chi connectivity index (χ3n) is 2.06. The summed E-state index contributed by atoms with van der Waals surface area (Å²) in [5.41, 5.74) is 0.0446. The van der Waals surface area contributed by atoms with Crippen molar-refractivity contribution in [2.75, 3.05) is 0 Å². The fourth-order valence-electron chi connectivity index (χ4n) is 1.27. The van der Waals surface area contributed by atoms with E-state index in [0.29, 0.717) is 14.2 Å². The Morgan fingerprint density at radius 3 is 2.82 bits per heavy atom. The molecule has 0 aromatic carbocycles. The van der Waals surface area contributed by atoms with Crippen LogP contribution in [0.5, 0.6) is 0 Å². The molecular weight excluding hydrogens is 283 g/mol. The maximum absolute atomic E-state index is 11.9. The third-order valence-corrected chi connectivity index (χ3v) is 3.55. The van der Waals surface area contributed by atoms with Crippen LogP contribution in [0.25, 0.3) is 0 Å². The third kappa shape index (κ3) is 2.74. The molecule has 2 aromatic heterocycles. The lowest BCUT2D eigenvalue weighted by Crippen LogP contribution is -2.23. The van der Waals surface area contributed by atoms with Gasteiger partial charge >= 0.3 is 0 Å². The number of Topliss-reactive ketones (excluding diaryl/α,β-unsaturated/α-hetero) is 1. The van der Waals surface area contributed by atoms with E-state index in [4.69, 9.17) is 23.2 Å². The molecule has 0 aliphatic carbocycles. The van der Waals surface area contributed by atoms with Crippen LogP contribution in [0.3, 0.4) is 0 Å². The summed E-state index contributed by atoms with van der Waals surface area (Å²) >= 11 is 12.7. The molecule has 0 unspecified atom stereocenters. The minimum absolute atomic E-state index is 0.0978. The normalized spacial score (nSPS) is 10.5. The maximum atomic E-state index is 11.9. The van der Waals surface area contributed by atoms with Gasteiger partial charge in [-0.3, -0.25) is 14.2 Å². The lowest BCUT2D eigenvalue weighted by atomic mass is 10.2. The average molecular weight is 289 g/mol. The molecular formula is C10H6Cl2N2O2S. The number of aromatic nitrogens is 2. The van der Waals surface area contributed by atoms with Crippen molar-refractivity contribution in [2.45, 2.75) is 6.54 Å². The molecule has 4 nitrogen and oxygen atoms in total. The van der Waals surface area contributed by atoms with Gasteiger partial charge in [0.2, 0.25) is 0 Å². The summed E-state index contributed by atoms with van der Waals surface area (Å²) in [5, 5.41) is 0. The van der Waals surface area contributed by atoms with E-state index in [1.165, 1.54) is 29.2 Å². The Labute approximate surface area is 110 Å². The van der Waals surface area contributed by atoms with Crippen molar-refractivity contribution in [2.24, 2.45) is 0 Å². The lowest BCUT2D eigenvalue weighted by molar-refractivity contribution is 0.0971. The van der Waals surface area contributed by atoms with Crippen molar-refractivity contribution in [1.29, 1.82) is 0 Å². The summed E-state index contributed by atoms with van der Waals surface area (Å²) in [5.74, 6) is -0.270. The van der Waals surface area contributed by atoms with Crippen molar-refractivity contribution >= 4 is 40.3 Å². The monoisotopic (exact) mass is 288 g/mol. The predicted molar refractivity (Wildman–Crippen MR) is 67.2 cm³/mol. The molecule has 0 atom stereocenters. The highest BCUT2D eigenvalue weighted by molar-refractivity contribution is 7.20. The van der Waals surface area contributed by atoms with Gasteiger partial charge < -0.3 is 0 Å². The Balaban J connectivity index is 2.26.